The second kappa shape index (κ2) is 4.36. The third kappa shape index (κ3) is 2.83. The van der Waals surface area contributed by atoms with E-state index in [0.29, 0.717) is 0 Å². The molecule has 0 aliphatic carbocycles. The topological polar surface area (TPSA) is 29.1 Å². The van der Waals surface area contributed by atoms with E-state index in [1.807, 2.05) is 6.07 Å². The average Bonchev–Trinajstić information content (AvgIpc) is 2.24. The summed E-state index contributed by atoms with van der Waals surface area (Å²) in [5.74, 6) is 0.207. The lowest BCUT2D eigenvalue weighted by atomic mass is 9.74. The van der Waals surface area contributed by atoms with Crippen molar-refractivity contribution in [1.82, 2.24) is 0 Å². The Bertz CT molecular complexity index is 503. The highest BCUT2D eigenvalue weighted by Crippen LogP contribution is 2.37. The van der Waals surface area contributed by atoms with Gasteiger partial charge in [0, 0.05) is 11.6 Å². The summed E-state index contributed by atoms with van der Waals surface area (Å²) in [5, 5.41) is 3.06. The Morgan fingerprint density at radius 1 is 1.11 bits per heavy atom. The number of benzene rings is 1. The van der Waals surface area contributed by atoms with Crippen molar-refractivity contribution in [2.75, 3.05) is 5.32 Å². The SMILES string of the molecule is CC(C)(C)c1ccc2c(c1)CC(C(C)(C)C)C(=O)N2. The molecule has 2 heteroatoms. The number of anilines is 1. The van der Waals surface area contributed by atoms with Crippen LogP contribution < -0.4 is 5.32 Å². The van der Waals surface area contributed by atoms with Crippen molar-refractivity contribution in [3.05, 3.63) is 29.3 Å². The molecule has 2 rings (SSSR count). The number of amides is 1. The van der Waals surface area contributed by atoms with Gasteiger partial charge < -0.3 is 5.32 Å². The summed E-state index contributed by atoms with van der Waals surface area (Å²) in [6, 6.07) is 6.43. The van der Waals surface area contributed by atoms with Crippen molar-refractivity contribution in [2.24, 2.45) is 11.3 Å². The maximum Gasteiger partial charge on any atom is 0.228 e. The van der Waals surface area contributed by atoms with E-state index in [9.17, 15) is 4.79 Å². The van der Waals surface area contributed by atoms with E-state index < -0.39 is 0 Å². The molecule has 1 aromatic rings. The molecule has 0 spiro atoms. The molecule has 0 bridgehead atoms. The minimum atomic E-state index is -0.000486. The molecule has 1 amide bonds. The smallest absolute Gasteiger partial charge is 0.228 e. The van der Waals surface area contributed by atoms with Crippen LogP contribution in [0, 0.1) is 11.3 Å². The molecule has 2 nitrogen and oxygen atoms in total. The molecule has 1 aliphatic heterocycles. The third-order valence-electron chi connectivity index (χ3n) is 4.02. The van der Waals surface area contributed by atoms with E-state index >= 15 is 0 Å². The number of carbonyl (C=O) groups excluding carboxylic acids is 1. The van der Waals surface area contributed by atoms with Gasteiger partial charge in [0.25, 0.3) is 0 Å². The summed E-state index contributed by atoms with van der Waals surface area (Å²) < 4.78 is 0. The number of hydrogen-bond donors (Lipinski definition) is 1. The van der Waals surface area contributed by atoms with Crippen LogP contribution in [-0.4, -0.2) is 5.91 Å². The van der Waals surface area contributed by atoms with Crippen LogP contribution >= 0.6 is 0 Å². The molecular weight excluding hydrogens is 234 g/mol. The minimum absolute atomic E-state index is 0.000486. The van der Waals surface area contributed by atoms with Crippen molar-refractivity contribution in [1.29, 1.82) is 0 Å². The third-order valence-corrected chi connectivity index (χ3v) is 4.02. The van der Waals surface area contributed by atoms with Crippen LogP contribution in [0.15, 0.2) is 18.2 Å². The molecule has 1 aromatic carbocycles. The molecule has 1 N–H and O–H groups in total. The highest BCUT2D eigenvalue weighted by molar-refractivity contribution is 5.96. The fourth-order valence-corrected chi connectivity index (χ4v) is 2.58. The molecule has 0 aromatic heterocycles. The monoisotopic (exact) mass is 259 g/mol. The maximum atomic E-state index is 12.2. The number of rotatable bonds is 0. The van der Waals surface area contributed by atoms with Crippen LogP contribution in [0.3, 0.4) is 0 Å². The van der Waals surface area contributed by atoms with Crippen molar-refractivity contribution < 1.29 is 4.79 Å². The van der Waals surface area contributed by atoms with Gasteiger partial charge in [-0.15, -0.1) is 0 Å². The lowest BCUT2D eigenvalue weighted by Gasteiger charge is -2.34. The van der Waals surface area contributed by atoms with Gasteiger partial charge in [-0.2, -0.15) is 0 Å². The largest absolute Gasteiger partial charge is 0.326 e. The predicted molar refractivity (Wildman–Crippen MR) is 80.4 cm³/mol. The van der Waals surface area contributed by atoms with Gasteiger partial charge in [-0.25, -0.2) is 0 Å². The summed E-state index contributed by atoms with van der Waals surface area (Å²) in [6.45, 7) is 13.1. The van der Waals surface area contributed by atoms with E-state index in [1.54, 1.807) is 0 Å². The standard InChI is InChI=1S/C17H25NO/c1-16(2,3)12-7-8-14-11(9-12)10-13(15(19)18-14)17(4,5)6/h7-9,13H,10H2,1-6H3,(H,18,19). The van der Waals surface area contributed by atoms with Gasteiger partial charge in [-0.1, -0.05) is 53.7 Å². The first-order valence-corrected chi connectivity index (χ1v) is 7.03. The Morgan fingerprint density at radius 2 is 1.74 bits per heavy atom. The van der Waals surface area contributed by atoms with Gasteiger partial charge in [0.15, 0.2) is 0 Å². The van der Waals surface area contributed by atoms with E-state index in [1.165, 1.54) is 11.1 Å². The molecule has 0 saturated heterocycles. The molecule has 1 heterocycles. The Hall–Kier alpha value is -1.31. The number of fused-ring (bicyclic) bond motifs is 1. The lowest BCUT2D eigenvalue weighted by Crippen LogP contribution is -2.38. The summed E-state index contributed by atoms with van der Waals surface area (Å²) in [6.07, 6.45) is 0.842. The molecular formula is C17H25NO. The molecule has 1 unspecified atom stereocenters. The minimum Gasteiger partial charge on any atom is -0.326 e. The highest BCUT2D eigenvalue weighted by Gasteiger charge is 2.35. The summed E-state index contributed by atoms with van der Waals surface area (Å²) in [7, 11) is 0. The van der Waals surface area contributed by atoms with Gasteiger partial charge in [0.1, 0.15) is 0 Å². The summed E-state index contributed by atoms with van der Waals surface area (Å²) in [5.41, 5.74) is 3.73. The van der Waals surface area contributed by atoms with Crippen LogP contribution in [0.4, 0.5) is 5.69 Å². The molecule has 104 valence electrons. The number of carbonyl (C=O) groups is 1. The molecule has 0 fully saturated rings. The fraction of sp³-hybridized carbons (Fsp3) is 0.588. The normalized spacial score (nSPS) is 19.9. The van der Waals surface area contributed by atoms with Gasteiger partial charge >= 0.3 is 0 Å². The molecule has 19 heavy (non-hydrogen) atoms. The zero-order chi connectivity index (χ0) is 14.4. The first-order valence-electron chi connectivity index (χ1n) is 7.03. The van der Waals surface area contributed by atoms with E-state index in [2.05, 4.69) is 59.0 Å². The van der Waals surface area contributed by atoms with Crippen LogP contribution in [-0.2, 0) is 16.6 Å². The zero-order valence-electron chi connectivity index (χ0n) is 12.9. The quantitative estimate of drug-likeness (QED) is 0.745. The van der Waals surface area contributed by atoms with Gasteiger partial charge in [0.2, 0.25) is 5.91 Å². The van der Waals surface area contributed by atoms with Gasteiger partial charge in [0.05, 0.1) is 0 Å². The van der Waals surface area contributed by atoms with Gasteiger partial charge in [-0.3, -0.25) is 4.79 Å². The Morgan fingerprint density at radius 3 is 2.26 bits per heavy atom. The van der Waals surface area contributed by atoms with Crippen molar-refractivity contribution in [3.8, 4) is 0 Å². The number of nitrogens with one attached hydrogen (secondary N) is 1. The summed E-state index contributed by atoms with van der Waals surface area (Å²) in [4.78, 5) is 12.2. The first-order chi connectivity index (χ1) is 8.59. The zero-order valence-corrected chi connectivity index (χ0v) is 12.9. The first kappa shape index (κ1) is 14.1. The van der Waals surface area contributed by atoms with Crippen LogP contribution in [0.25, 0.3) is 0 Å². The van der Waals surface area contributed by atoms with E-state index in [0.717, 1.165) is 12.1 Å². The van der Waals surface area contributed by atoms with Crippen LogP contribution in [0.2, 0.25) is 0 Å². The maximum absolute atomic E-state index is 12.2. The highest BCUT2D eigenvalue weighted by atomic mass is 16.2. The molecule has 1 atom stereocenters. The Balaban J connectivity index is 2.39. The Labute approximate surface area is 116 Å². The van der Waals surface area contributed by atoms with Gasteiger partial charge in [-0.05, 0) is 34.4 Å². The molecule has 0 saturated carbocycles. The average molecular weight is 259 g/mol. The molecule has 0 radical (unpaired) electrons. The molecule has 1 aliphatic rings. The lowest BCUT2D eigenvalue weighted by molar-refractivity contribution is -0.123. The van der Waals surface area contributed by atoms with Crippen LogP contribution in [0.5, 0.6) is 0 Å². The van der Waals surface area contributed by atoms with Crippen LogP contribution in [0.1, 0.15) is 52.7 Å². The number of hydrogen-bond acceptors (Lipinski definition) is 1. The predicted octanol–water partition coefficient (Wildman–Crippen LogP) is 4.14. The fourth-order valence-electron chi connectivity index (χ4n) is 2.58. The second-order valence-corrected chi connectivity index (χ2v) is 7.73. The van der Waals surface area contributed by atoms with Crippen molar-refractivity contribution >= 4 is 11.6 Å². The van der Waals surface area contributed by atoms with E-state index in [4.69, 9.17) is 0 Å². The summed E-state index contributed by atoms with van der Waals surface area (Å²) >= 11 is 0. The Kier molecular flexibility index (Phi) is 3.24. The second-order valence-electron chi connectivity index (χ2n) is 7.73. The van der Waals surface area contributed by atoms with Crippen molar-refractivity contribution in [3.63, 3.8) is 0 Å². The van der Waals surface area contributed by atoms with Crippen molar-refractivity contribution in [2.45, 2.75) is 53.4 Å². The van der Waals surface area contributed by atoms with E-state index in [-0.39, 0.29) is 22.7 Å².